The molecule has 0 N–H and O–H groups in total. The van der Waals surface area contributed by atoms with Gasteiger partial charge < -0.3 is 9.47 Å². The summed E-state index contributed by atoms with van der Waals surface area (Å²) in [5.74, 6) is 2.22. The van der Waals surface area contributed by atoms with Crippen LogP contribution in [0.2, 0.25) is 0 Å². The first-order valence-electron chi connectivity index (χ1n) is 17.0. The minimum Gasteiger partial charge on any atom is -0.333 e. The molecule has 0 spiro atoms. The highest BCUT2D eigenvalue weighted by Gasteiger charge is 2.39. The molecule has 0 bridgehead atoms. The van der Waals surface area contributed by atoms with Crippen LogP contribution in [0.4, 0.5) is 11.4 Å². The average molecular weight is 642 g/mol. The van der Waals surface area contributed by atoms with Crippen LogP contribution >= 0.6 is 0 Å². The third-order valence-electron chi connectivity index (χ3n) is 9.96. The Hall–Kier alpha value is -6.59. The van der Waals surface area contributed by atoms with Crippen molar-refractivity contribution in [2.45, 2.75) is 12.0 Å². The van der Waals surface area contributed by atoms with Crippen LogP contribution in [0.3, 0.4) is 0 Å². The number of hydrogen-bond donors (Lipinski definition) is 0. The van der Waals surface area contributed by atoms with E-state index in [-0.39, 0.29) is 12.0 Å². The van der Waals surface area contributed by atoms with Crippen molar-refractivity contribution in [2.24, 2.45) is 0 Å². The molecule has 1 aliphatic heterocycles. The first-order valence-corrected chi connectivity index (χ1v) is 17.0. The molecule has 5 nitrogen and oxygen atoms in total. The Balaban J connectivity index is 1.14. The van der Waals surface area contributed by atoms with Gasteiger partial charge in [0, 0.05) is 44.8 Å². The summed E-state index contributed by atoms with van der Waals surface area (Å²) in [6, 6.07) is 53.3. The summed E-state index contributed by atoms with van der Waals surface area (Å²) >= 11 is 0. The Labute approximate surface area is 290 Å². The highest BCUT2D eigenvalue weighted by Crippen LogP contribution is 2.53. The molecule has 8 aromatic rings. The van der Waals surface area contributed by atoms with Crippen molar-refractivity contribution in [1.29, 1.82) is 0 Å². The Morgan fingerprint density at radius 2 is 1.00 bits per heavy atom. The average Bonchev–Trinajstić information content (AvgIpc) is 3.72. The minimum absolute atomic E-state index is 0.164. The molecule has 6 aromatic carbocycles. The molecule has 0 saturated heterocycles. The normalized spacial score (nSPS) is 16.2. The van der Waals surface area contributed by atoms with Crippen molar-refractivity contribution in [2.75, 3.05) is 4.90 Å². The fourth-order valence-corrected chi connectivity index (χ4v) is 7.73. The van der Waals surface area contributed by atoms with Gasteiger partial charge in [-0.15, -0.1) is 0 Å². The SMILES string of the molecule is C1=CC2c3ccc4c(c3N(c3ccc(-c5nc(-c6ccccc6)nc(-c6ccccc6)n5)cc3)C2C=C1)c1ccccc1n4-c1ccccc1. The molecule has 2 aromatic heterocycles. The number of rotatable bonds is 5. The van der Waals surface area contributed by atoms with Crippen LogP contribution in [0.15, 0.2) is 176 Å². The number of allylic oxidation sites excluding steroid dienone is 2. The Kier molecular flexibility index (Phi) is 6.56. The summed E-state index contributed by atoms with van der Waals surface area (Å²) in [6.45, 7) is 0. The Morgan fingerprint density at radius 1 is 0.440 bits per heavy atom. The lowest BCUT2D eigenvalue weighted by Crippen LogP contribution is -2.28. The van der Waals surface area contributed by atoms with Crippen molar-refractivity contribution < 1.29 is 0 Å². The van der Waals surface area contributed by atoms with Gasteiger partial charge in [-0.3, -0.25) is 0 Å². The van der Waals surface area contributed by atoms with E-state index in [0.29, 0.717) is 17.5 Å². The van der Waals surface area contributed by atoms with Gasteiger partial charge in [0.15, 0.2) is 17.5 Å². The Morgan fingerprint density at radius 3 is 1.66 bits per heavy atom. The minimum atomic E-state index is 0.164. The van der Waals surface area contributed by atoms with E-state index in [2.05, 4.69) is 125 Å². The van der Waals surface area contributed by atoms with E-state index in [9.17, 15) is 0 Å². The van der Waals surface area contributed by atoms with Gasteiger partial charge in [0.25, 0.3) is 0 Å². The predicted molar refractivity (Wildman–Crippen MR) is 204 cm³/mol. The summed E-state index contributed by atoms with van der Waals surface area (Å²) in [7, 11) is 0. The fourth-order valence-electron chi connectivity index (χ4n) is 7.73. The van der Waals surface area contributed by atoms with Crippen molar-refractivity contribution in [3.63, 3.8) is 0 Å². The second-order valence-electron chi connectivity index (χ2n) is 12.8. The lowest BCUT2D eigenvalue weighted by molar-refractivity contribution is 0.745. The van der Waals surface area contributed by atoms with Gasteiger partial charge in [-0.05, 0) is 54.1 Å². The van der Waals surface area contributed by atoms with Crippen LogP contribution in [0.5, 0.6) is 0 Å². The van der Waals surface area contributed by atoms with E-state index >= 15 is 0 Å². The molecule has 50 heavy (non-hydrogen) atoms. The van der Waals surface area contributed by atoms with Crippen molar-refractivity contribution in [3.05, 3.63) is 182 Å². The van der Waals surface area contributed by atoms with Crippen molar-refractivity contribution in [3.8, 4) is 39.9 Å². The molecule has 2 aliphatic rings. The van der Waals surface area contributed by atoms with Crippen molar-refractivity contribution >= 4 is 33.2 Å². The van der Waals surface area contributed by atoms with Gasteiger partial charge in [0.1, 0.15) is 0 Å². The monoisotopic (exact) mass is 641 g/mol. The number of anilines is 2. The highest BCUT2D eigenvalue weighted by molar-refractivity contribution is 6.17. The van der Waals surface area contributed by atoms with Crippen LogP contribution in [-0.4, -0.2) is 25.6 Å². The highest BCUT2D eigenvalue weighted by atomic mass is 15.2. The quantitative estimate of drug-likeness (QED) is 0.188. The van der Waals surface area contributed by atoms with E-state index in [0.717, 1.165) is 28.1 Å². The maximum atomic E-state index is 4.98. The summed E-state index contributed by atoms with van der Waals surface area (Å²) < 4.78 is 2.40. The maximum absolute atomic E-state index is 4.98. The van der Waals surface area contributed by atoms with Gasteiger partial charge in [-0.1, -0.05) is 127 Å². The lowest BCUT2D eigenvalue weighted by atomic mass is 9.91. The van der Waals surface area contributed by atoms with Gasteiger partial charge in [-0.2, -0.15) is 0 Å². The summed E-state index contributed by atoms with van der Waals surface area (Å²) in [4.78, 5) is 17.4. The number of para-hydroxylation sites is 2. The second-order valence-corrected chi connectivity index (χ2v) is 12.8. The second kappa shape index (κ2) is 11.5. The van der Waals surface area contributed by atoms with Crippen molar-refractivity contribution in [1.82, 2.24) is 19.5 Å². The zero-order valence-electron chi connectivity index (χ0n) is 27.1. The Bertz CT molecular complexity index is 2530. The molecule has 1 aliphatic carbocycles. The van der Waals surface area contributed by atoms with Gasteiger partial charge in [-0.25, -0.2) is 15.0 Å². The summed E-state index contributed by atoms with van der Waals surface area (Å²) in [6.07, 6.45) is 9.05. The zero-order valence-corrected chi connectivity index (χ0v) is 27.1. The molecule has 10 rings (SSSR count). The van der Waals surface area contributed by atoms with E-state index in [1.807, 2.05) is 60.7 Å². The van der Waals surface area contributed by atoms with Crippen LogP contribution in [0.25, 0.3) is 61.7 Å². The molecule has 236 valence electrons. The first kappa shape index (κ1) is 28.4. The van der Waals surface area contributed by atoms with Gasteiger partial charge in [0.2, 0.25) is 0 Å². The fraction of sp³-hybridized carbons (Fsp3) is 0.0444. The smallest absolute Gasteiger partial charge is 0.164 e. The third kappa shape index (κ3) is 4.51. The molecule has 0 radical (unpaired) electrons. The molecule has 0 saturated carbocycles. The lowest BCUT2D eigenvalue weighted by Gasteiger charge is -2.29. The number of aromatic nitrogens is 4. The van der Waals surface area contributed by atoms with E-state index in [4.69, 9.17) is 15.0 Å². The van der Waals surface area contributed by atoms with Gasteiger partial charge >= 0.3 is 0 Å². The van der Waals surface area contributed by atoms with Gasteiger partial charge in [0.05, 0.1) is 22.8 Å². The molecule has 3 heterocycles. The molecule has 2 atom stereocenters. The topological polar surface area (TPSA) is 46.8 Å². The zero-order chi connectivity index (χ0) is 33.0. The number of benzene rings is 6. The predicted octanol–water partition coefficient (Wildman–Crippen LogP) is 10.7. The molecule has 5 heteroatoms. The van der Waals surface area contributed by atoms with E-state index < -0.39 is 0 Å². The number of fused-ring (bicyclic) bond motifs is 7. The van der Waals surface area contributed by atoms with Crippen LogP contribution in [0, 0.1) is 0 Å². The maximum Gasteiger partial charge on any atom is 0.164 e. The first-order chi connectivity index (χ1) is 24.8. The molecule has 0 amide bonds. The third-order valence-corrected chi connectivity index (χ3v) is 9.96. The molecule has 0 fully saturated rings. The summed E-state index contributed by atoms with van der Waals surface area (Å²) in [5, 5.41) is 2.53. The van der Waals surface area contributed by atoms with Crippen LogP contribution < -0.4 is 4.90 Å². The number of hydrogen-bond acceptors (Lipinski definition) is 4. The standard InChI is InChI=1S/C45H31N5/c1-4-14-30(15-5-1)43-46-44(31-16-6-2-7-17-31)48-45(47-43)32-24-26-34(27-25-32)50-38-22-12-10-20-35(38)36-28-29-40-41(42(36)50)37-21-11-13-23-39(37)49(40)33-18-8-3-9-19-33/h1-29,35,38H. The number of nitrogens with zero attached hydrogens (tertiary/aromatic N) is 5. The van der Waals surface area contributed by atoms with Crippen LogP contribution in [0.1, 0.15) is 11.5 Å². The molecular weight excluding hydrogens is 611 g/mol. The molecular formula is C45H31N5. The molecule has 2 unspecified atom stereocenters. The van der Waals surface area contributed by atoms with E-state index in [1.165, 1.54) is 33.1 Å². The van der Waals surface area contributed by atoms with E-state index in [1.54, 1.807) is 0 Å². The largest absolute Gasteiger partial charge is 0.333 e. The van der Waals surface area contributed by atoms with Crippen LogP contribution in [-0.2, 0) is 0 Å². The summed E-state index contributed by atoms with van der Waals surface area (Å²) in [5.41, 5.74) is 10.2.